The number of nitrogen functional groups attached to an aromatic ring is 1. The van der Waals surface area contributed by atoms with E-state index in [1.165, 1.54) is 0 Å². The van der Waals surface area contributed by atoms with E-state index in [0.29, 0.717) is 6.07 Å². The van der Waals surface area contributed by atoms with Gasteiger partial charge < -0.3 is 10.8 Å². The highest BCUT2D eigenvalue weighted by atomic mass is 19.4. The molecule has 0 heterocycles. The van der Waals surface area contributed by atoms with Crippen LogP contribution in [0.3, 0.4) is 0 Å². The largest absolute Gasteiger partial charge is 0.478 e. The van der Waals surface area contributed by atoms with Gasteiger partial charge >= 0.3 is 12.1 Å². The smallest absolute Gasteiger partial charge is 0.417 e. The molecule has 3 nitrogen and oxygen atoms in total. The second kappa shape index (κ2) is 3.88. The molecule has 0 bridgehead atoms. The van der Waals surface area contributed by atoms with Crippen molar-refractivity contribution in [2.45, 2.75) is 6.18 Å². The molecular formula is C10H8F3NO2. The minimum absolute atomic E-state index is 0.226. The summed E-state index contributed by atoms with van der Waals surface area (Å²) in [5.41, 5.74) is 3.21. The fourth-order valence-electron chi connectivity index (χ4n) is 1.23. The standard InChI is InChI=1S/C10H8F3NO2/c1-2-5-3-8(14)6(9(15)16)4-7(5)10(11,12)13/h2-4H,1,14H2,(H,15,16). The van der Waals surface area contributed by atoms with E-state index in [2.05, 4.69) is 6.58 Å². The second-order valence-electron chi connectivity index (χ2n) is 3.03. The van der Waals surface area contributed by atoms with Gasteiger partial charge in [-0.1, -0.05) is 12.7 Å². The molecule has 16 heavy (non-hydrogen) atoms. The summed E-state index contributed by atoms with van der Waals surface area (Å²) in [5.74, 6) is -1.50. The predicted octanol–water partition coefficient (Wildman–Crippen LogP) is 2.63. The van der Waals surface area contributed by atoms with E-state index in [1.54, 1.807) is 0 Å². The molecule has 0 aliphatic carbocycles. The highest BCUT2D eigenvalue weighted by molar-refractivity contribution is 5.94. The van der Waals surface area contributed by atoms with Crippen molar-refractivity contribution in [2.75, 3.05) is 5.73 Å². The Morgan fingerprint density at radius 3 is 2.38 bits per heavy atom. The molecule has 0 aliphatic heterocycles. The molecule has 1 rings (SSSR count). The lowest BCUT2D eigenvalue weighted by Crippen LogP contribution is -2.12. The molecular weight excluding hydrogens is 223 g/mol. The van der Waals surface area contributed by atoms with Crippen molar-refractivity contribution in [3.05, 3.63) is 35.4 Å². The normalized spacial score (nSPS) is 11.2. The first-order valence-corrected chi connectivity index (χ1v) is 4.13. The molecule has 0 saturated carbocycles. The quantitative estimate of drug-likeness (QED) is 0.769. The average molecular weight is 231 g/mol. The van der Waals surface area contributed by atoms with Crippen molar-refractivity contribution in [2.24, 2.45) is 0 Å². The number of aromatic carboxylic acids is 1. The summed E-state index contributed by atoms with van der Waals surface area (Å²) in [7, 11) is 0. The number of rotatable bonds is 2. The Labute approximate surface area is 89.0 Å². The first-order valence-electron chi connectivity index (χ1n) is 4.13. The van der Waals surface area contributed by atoms with Gasteiger partial charge in [0.05, 0.1) is 11.1 Å². The third-order valence-corrected chi connectivity index (χ3v) is 1.98. The molecule has 0 radical (unpaired) electrons. The molecule has 0 unspecified atom stereocenters. The van der Waals surface area contributed by atoms with Gasteiger partial charge in [-0.3, -0.25) is 0 Å². The van der Waals surface area contributed by atoms with E-state index in [0.717, 1.165) is 12.1 Å². The van der Waals surface area contributed by atoms with Crippen molar-refractivity contribution in [1.29, 1.82) is 0 Å². The van der Waals surface area contributed by atoms with Crippen LogP contribution in [0.15, 0.2) is 18.7 Å². The van der Waals surface area contributed by atoms with E-state index < -0.39 is 23.3 Å². The first kappa shape index (κ1) is 12.1. The molecule has 0 amide bonds. The Morgan fingerprint density at radius 2 is 2.00 bits per heavy atom. The Kier molecular flexibility index (Phi) is 2.93. The molecule has 0 saturated heterocycles. The lowest BCUT2D eigenvalue weighted by Gasteiger charge is -2.12. The minimum Gasteiger partial charge on any atom is -0.478 e. The van der Waals surface area contributed by atoms with Crippen LogP contribution in [0, 0.1) is 0 Å². The van der Waals surface area contributed by atoms with E-state index in [9.17, 15) is 18.0 Å². The lowest BCUT2D eigenvalue weighted by atomic mass is 10.0. The van der Waals surface area contributed by atoms with Crippen LogP contribution >= 0.6 is 0 Å². The van der Waals surface area contributed by atoms with E-state index in [1.807, 2.05) is 0 Å². The van der Waals surface area contributed by atoms with Gasteiger partial charge in [-0.25, -0.2) is 4.79 Å². The van der Waals surface area contributed by atoms with Crippen molar-refractivity contribution in [3.8, 4) is 0 Å². The number of halogens is 3. The Hall–Kier alpha value is -1.98. The van der Waals surface area contributed by atoms with Crippen LogP contribution in [0.25, 0.3) is 6.08 Å². The summed E-state index contributed by atoms with van der Waals surface area (Å²) in [6, 6.07) is 1.45. The third-order valence-electron chi connectivity index (χ3n) is 1.98. The summed E-state index contributed by atoms with van der Waals surface area (Å²) in [5, 5.41) is 8.65. The number of hydrogen-bond donors (Lipinski definition) is 2. The number of hydrogen-bond acceptors (Lipinski definition) is 2. The highest BCUT2D eigenvalue weighted by Crippen LogP contribution is 2.34. The Balaban J connectivity index is 3.53. The van der Waals surface area contributed by atoms with Crippen molar-refractivity contribution < 1.29 is 23.1 Å². The van der Waals surface area contributed by atoms with Gasteiger partial charge in [-0.15, -0.1) is 0 Å². The zero-order chi connectivity index (χ0) is 12.5. The number of alkyl halides is 3. The molecule has 0 spiro atoms. The molecule has 3 N–H and O–H groups in total. The van der Waals surface area contributed by atoms with Gasteiger partial charge in [-0.05, 0) is 17.7 Å². The van der Waals surface area contributed by atoms with Gasteiger partial charge in [0.2, 0.25) is 0 Å². The summed E-state index contributed by atoms with van der Waals surface area (Å²) in [6.45, 7) is 3.22. The third kappa shape index (κ3) is 2.16. The maximum absolute atomic E-state index is 12.5. The van der Waals surface area contributed by atoms with Gasteiger partial charge in [-0.2, -0.15) is 13.2 Å². The maximum Gasteiger partial charge on any atom is 0.417 e. The number of benzene rings is 1. The highest BCUT2D eigenvalue weighted by Gasteiger charge is 2.34. The molecule has 0 fully saturated rings. The number of anilines is 1. The van der Waals surface area contributed by atoms with Gasteiger partial charge in [0.1, 0.15) is 0 Å². The molecule has 6 heteroatoms. The number of carbonyl (C=O) groups is 1. The van der Waals surface area contributed by atoms with Crippen LogP contribution in [0.2, 0.25) is 0 Å². The molecule has 0 aliphatic rings. The molecule has 0 atom stereocenters. The fraction of sp³-hybridized carbons (Fsp3) is 0.100. The van der Waals surface area contributed by atoms with Crippen LogP contribution in [-0.4, -0.2) is 11.1 Å². The summed E-state index contributed by atoms with van der Waals surface area (Å²) >= 11 is 0. The van der Waals surface area contributed by atoms with Crippen molar-refractivity contribution in [1.82, 2.24) is 0 Å². The maximum atomic E-state index is 12.5. The molecule has 1 aromatic carbocycles. The van der Waals surface area contributed by atoms with Crippen LogP contribution < -0.4 is 5.73 Å². The summed E-state index contributed by atoms with van der Waals surface area (Å²) in [4.78, 5) is 10.6. The zero-order valence-corrected chi connectivity index (χ0v) is 8.01. The predicted molar refractivity (Wildman–Crippen MR) is 52.9 cm³/mol. The monoisotopic (exact) mass is 231 g/mol. The number of carboxylic acids is 1. The average Bonchev–Trinajstić information content (AvgIpc) is 2.14. The van der Waals surface area contributed by atoms with E-state index in [4.69, 9.17) is 10.8 Å². The van der Waals surface area contributed by atoms with Crippen molar-refractivity contribution >= 4 is 17.7 Å². The lowest BCUT2D eigenvalue weighted by molar-refractivity contribution is -0.137. The van der Waals surface area contributed by atoms with Crippen LogP contribution in [0.4, 0.5) is 18.9 Å². The van der Waals surface area contributed by atoms with Gasteiger partial charge in [0, 0.05) is 5.69 Å². The zero-order valence-electron chi connectivity index (χ0n) is 8.01. The van der Waals surface area contributed by atoms with Gasteiger partial charge in [0.25, 0.3) is 0 Å². The van der Waals surface area contributed by atoms with Crippen LogP contribution in [0.1, 0.15) is 21.5 Å². The molecule has 0 aromatic heterocycles. The fourth-order valence-corrected chi connectivity index (χ4v) is 1.23. The second-order valence-corrected chi connectivity index (χ2v) is 3.03. The minimum atomic E-state index is -4.64. The summed E-state index contributed by atoms with van der Waals surface area (Å²) in [6.07, 6.45) is -3.66. The molecule has 86 valence electrons. The topological polar surface area (TPSA) is 63.3 Å². The SMILES string of the molecule is C=Cc1cc(N)c(C(=O)O)cc1C(F)(F)F. The first-order chi connectivity index (χ1) is 7.27. The Morgan fingerprint density at radius 1 is 1.44 bits per heavy atom. The van der Waals surface area contributed by atoms with Gasteiger partial charge in [0.15, 0.2) is 0 Å². The van der Waals surface area contributed by atoms with Crippen molar-refractivity contribution in [3.63, 3.8) is 0 Å². The summed E-state index contributed by atoms with van der Waals surface area (Å²) < 4.78 is 37.6. The van der Waals surface area contributed by atoms with E-state index in [-0.39, 0.29) is 11.3 Å². The number of carboxylic acid groups (broad SMARTS) is 1. The number of nitrogens with two attached hydrogens (primary N) is 1. The van der Waals surface area contributed by atoms with Crippen LogP contribution in [-0.2, 0) is 6.18 Å². The van der Waals surface area contributed by atoms with Crippen LogP contribution in [0.5, 0.6) is 0 Å². The van der Waals surface area contributed by atoms with E-state index >= 15 is 0 Å². The molecule has 1 aromatic rings. The Bertz CT molecular complexity index is 452.